The number of para-hydroxylation sites is 2. The summed E-state index contributed by atoms with van der Waals surface area (Å²) in [4.78, 5) is 23.5. The number of piperazine rings is 2. The predicted octanol–water partition coefficient (Wildman–Crippen LogP) is 2.69. The summed E-state index contributed by atoms with van der Waals surface area (Å²) in [7, 11) is 0. The summed E-state index contributed by atoms with van der Waals surface area (Å²) in [6, 6.07) is 17.8. The van der Waals surface area contributed by atoms with Gasteiger partial charge in [-0.3, -0.25) is 0 Å². The molecule has 168 valence electrons. The van der Waals surface area contributed by atoms with E-state index in [1.165, 1.54) is 0 Å². The van der Waals surface area contributed by atoms with Gasteiger partial charge in [-0.25, -0.2) is 9.59 Å². The third-order valence-corrected chi connectivity index (χ3v) is 4.30. The normalized spacial score (nSPS) is 15.3. The van der Waals surface area contributed by atoms with Gasteiger partial charge in [-0.15, -0.1) is 0 Å². The molecule has 2 saturated heterocycles. The van der Waals surface area contributed by atoms with Crippen molar-refractivity contribution in [1.29, 1.82) is 0 Å². The summed E-state index contributed by atoms with van der Waals surface area (Å²) in [5.74, 6) is 1.06. The first-order chi connectivity index (χ1) is 15.1. The van der Waals surface area contributed by atoms with Crippen molar-refractivity contribution in [3.8, 4) is 11.5 Å². The Morgan fingerprint density at radius 1 is 0.677 bits per heavy atom. The van der Waals surface area contributed by atoms with E-state index in [2.05, 4.69) is 20.7 Å². The van der Waals surface area contributed by atoms with Crippen molar-refractivity contribution in [2.75, 3.05) is 52.4 Å². The molecule has 0 atom stereocenters. The van der Waals surface area contributed by atoms with Gasteiger partial charge in [0, 0.05) is 64.0 Å². The molecule has 0 unspecified atom stereocenters. The minimum Gasteiger partial charge on any atom is -0.415 e. The van der Waals surface area contributed by atoms with Crippen molar-refractivity contribution in [2.45, 2.75) is 0 Å². The van der Waals surface area contributed by atoms with Gasteiger partial charge in [0.2, 0.25) is 0 Å². The van der Waals surface area contributed by atoms with Gasteiger partial charge in [-0.1, -0.05) is 36.4 Å². The fourth-order valence-electron chi connectivity index (χ4n) is 2.69. The number of hydrogen-bond donors (Lipinski definition) is 3. The van der Waals surface area contributed by atoms with Crippen LogP contribution in [0.5, 0.6) is 11.5 Å². The van der Waals surface area contributed by atoms with E-state index in [1.54, 1.807) is 41.3 Å². The Hall–Kier alpha value is -2.65. The maximum atomic E-state index is 11.6. The number of halogens is 1. The van der Waals surface area contributed by atoms with Gasteiger partial charge in [0.15, 0.2) is 0 Å². The van der Waals surface area contributed by atoms with Gasteiger partial charge in [0.1, 0.15) is 11.5 Å². The van der Waals surface area contributed by atoms with E-state index in [0.717, 1.165) is 39.3 Å². The lowest BCUT2D eigenvalue weighted by atomic mass is 10.3. The number of carbonyl (C=O) groups is 2. The van der Waals surface area contributed by atoms with E-state index in [1.807, 2.05) is 24.3 Å². The Balaban J connectivity index is 0.000000183. The second-order valence-electron chi connectivity index (χ2n) is 6.57. The first kappa shape index (κ1) is 24.6. The van der Waals surface area contributed by atoms with Crippen molar-refractivity contribution >= 4 is 23.1 Å². The molecule has 3 N–H and O–H groups in total. The molecule has 8 nitrogen and oxygen atoms in total. The van der Waals surface area contributed by atoms with Gasteiger partial charge in [-0.05, 0) is 24.3 Å². The van der Waals surface area contributed by atoms with Gasteiger partial charge >= 0.3 is 11.5 Å². The summed E-state index contributed by atoms with van der Waals surface area (Å²) >= 11 is 4.95. The highest BCUT2D eigenvalue weighted by molar-refractivity contribution is 6.61. The molecule has 0 aliphatic carbocycles. The van der Waals surface area contributed by atoms with Crippen molar-refractivity contribution in [1.82, 2.24) is 20.9 Å². The molecule has 2 aliphatic heterocycles. The molecule has 2 heterocycles. The zero-order valence-corrected chi connectivity index (χ0v) is 18.1. The number of rotatable bonds is 2. The summed E-state index contributed by atoms with van der Waals surface area (Å²) in [6.07, 6.45) is -0.261. The Morgan fingerprint density at radius 2 is 1.10 bits per heavy atom. The molecule has 0 radical (unpaired) electrons. The van der Waals surface area contributed by atoms with Crippen LogP contribution in [0.25, 0.3) is 0 Å². The third-order valence-electron chi connectivity index (χ3n) is 4.22. The minimum absolute atomic E-state index is 0.261. The van der Waals surface area contributed by atoms with Crippen LogP contribution in [0.15, 0.2) is 60.7 Å². The quantitative estimate of drug-likeness (QED) is 0.608. The molecule has 0 saturated carbocycles. The molecule has 2 aromatic carbocycles. The average Bonchev–Trinajstić information content (AvgIpc) is 2.82. The Kier molecular flexibility index (Phi) is 12.1. The van der Waals surface area contributed by atoms with E-state index in [0.29, 0.717) is 24.6 Å². The van der Waals surface area contributed by atoms with Crippen LogP contribution < -0.4 is 25.4 Å². The monoisotopic (exact) mass is 448 g/mol. The highest BCUT2D eigenvalue weighted by Crippen LogP contribution is 2.10. The van der Waals surface area contributed by atoms with Crippen LogP contribution in [0.2, 0.25) is 0 Å². The van der Waals surface area contributed by atoms with Crippen molar-refractivity contribution in [3.05, 3.63) is 60.7 Å². The average molecular weight is 449 g/mol. The van der Waals surface area contributed by atoms with Crippen molar-refractivity contribution < 1.29 is 19.1 Å². The first-order valence-corrected chi connectivity index (χ1v) is 10.6. The number of benzene rings is 2. The van der Waals surface area contributed by atoms with E-state index < -0.39 is 5.43 Å². The first-order valence-electron chi connectivity index (χ1n) is 10.2. The van der Waals surface area contributed by atoms with E-state index in [4.69, 9.17) is 16.3 Å². The molecular formula is C22H29ClN4O4. The predicted molar refractivity (Wildman–Crippen MR) is 121 cm³/mol. The molecule has 1 amide bonds. The van der Waals surface area contributed by atoms with Gasteiger partial charge in [0.05, 0.1) is 0 Å². The number of hydrogen-bond acceptors (Lipinski definition) is 7. The third kappa shape index (κ3) is 11.4. The second kappa shape index (κ2) is 15.2. The zero-order valence-electron chi connectivity index (χ0n) is 17.4. The number of nitrogens with one attached hydrogen (secondary N) is 3. The van der Waals surface area contributed by atoms with E-state index in [-0.39, 0.29) is 6.09 Å². The Morgan fingerprint density at radius 3 is 1.52 bits per heavy atom. The van der Waals surface area contributed by atoms with Crippen LogP contribution in [-0.4, -0.2) is 68.8 Å². The maximum Gasteiger partial charge on any atom is 0.415 e. The van der Waals surface area contributed by atoms with Crippen LogP contribution in [0.3, 0.4) is 0 Å². The van der Waals surface area contributed by atoms with Gasteiger partial charge in [0.25, 0.3) is 0 Å². The van der Waals surface area contributed by atoms with Crippen LogP contribution >= 0.6 is 11.6 Å². The SMILES string of the molecule is C1CNCCN1.O=C(Cl)Oc1ccccc1.O=C(Oc1ccccc1)N1CCNCC1. The maximum absolute atomic E-state index is 11.6. The summed E-state index contributed by atoms with van der Waals surface area (Å²) < 4.78 is 9.75. The molecule has 0 spiro atoms. The fraction of sp³-hybridized carbons (Fsp3) is 0.364. The largest absolute Gasteiger partial charge is 0.415 e. The number of carbonyl (C=O) groups excluding carboxylic acids is 2. The lowest BCUT2D eigenvalue weighted by Gasteiger charge is -2.26. The van der Waals surface area contributed by atoms with Gasteiger partial charge < -0.3 is 30.3 Å². The standard InChI is InChI=1S/C11H14N2O2.C7H5ClO2.C4H10N2/c14-11(13-8-6-12-7-9-13)15-10-4-2-1-3-5-10;8-7(9)10-6-4-2-1-3-5-6;1-2-6-4-3-5-1/h1-5,12H,6-9H2;1-5H;5-6H,1-4H2. The molecule has 2 fully saturated rings. The number of ether oxygens (including phenoxy) is 2. The Bertz CT molecular complexity index is 743. The molecule has 0 aromatic heterocycles. The summed E-state index contributed by atoms with van der Waals surface area (Å²) in [6.45, 7) is 7.66. The molecule has 2 aromatic rings. The highest BCUT2D eigenvalue weighted by atomic mass is 35.5. The fourth-order valence-corrected chi connectivity index (χ4v) is 2.78. The van der Waals surface area contributed by atoms with Gasteiger partial charge in [-0.2, -0.15) is 0 Å². The number of amides is 1. The lowest BCUT2D eigenvalue weighted by molar-refractivity contribution is 0.146. The zero-order chi connectivity index (χ0) is 22.2. The van der Waals surface area contributed by atoms with Crippen LogP contribution in [0.1, 0.15) is 0 Å². The highest BCUT2D eigenvalue weighted by Gasteiger charge is 2.17. The molecule has 31 heavy (non-hydrogen) atoms. The number of nitrogens with zero attached hydrogens (tertiary/aromatic N) is 1. The van der Waals surface area contributed by atoms with Crippen LogP contribution in [0.4, 0.5) is 9.59 Å². The molecule has 4 rings (SSSR count). The minimum atomic E-state index is -0.814. The molecule has 2 aliphatic rings. The molecule has 0 bridgehead atoms. The van der Waals surface area contributed by atoms with Crippen LogP contribution in [-0.2, 0) is 0 Å². The summed E-state index contributed by atoms with van der Waals surface area (Å²) in [5, 5.41) is 9.63. The molecular weight excluding hydrogens is 420 g/mol. The van der Waals surface area contributed by atoms with Crippen LogP contribution in [0, 0.1) is 0 Å². The second-order valence-corrected chi connectivity index (χ2v) is 6.88. The van der Waals surface area contributed by atoms with Crippen molar-refractivity contribution in [3.63, 3.8) is 0 Å². The van der Waals surface area contributed by atoms with E-state index >= 15 is 0 Å². The van der Waals surface area contributed by atoms with Crippen molar-refractivity contribution in [2.24, 2.45) is 0 Å². The summed E-state index contributed by atoms with van der Waals surface area (Å²) in [5.41, 5.74) is -0.814. The topological polar surface area (TPSA) is 91.9 Å². The van der Waals surface area contributed by atoms with E-state index in [9.17, 15) is 9.59 Å². The molecule has 9 heteroatoms. The lowest BCUT2D eigenvalue weighted by Crippen LogP contribution is -2.47. The Labute approximate surface area is 187 Å². The smallest absolute Gasteiger partial charge is 0.415 e.